The van der Waals surface area contributed by atoms with E-state index in [4.69, 9.17) is 0 Å². The number of carbonyl (C=O) groups excluding carboxylic acids is 1. The molecule has 1 heteroatoms. The molecule has 0 amide bonds. The number of Topliss-reactive ketones (excluding diaryl/α,β-unsaturated/α-hetero) is 1. The van der Waals surface area contributed by atoms with Gasteiger partial charge in [0.05, 0.1) is 0 Å². The second-order valence-corrected chi connectivity index (χ2v) is 4.75. The lowest BCUT2D eigenvalue weighted by molar-refractivity contribution is -0.116. The zero-order valence-corrected chi connectivity index (χ0v) is 8.31. The van der Waals surface area contributed by atoms with Gasteiger partial charge in [-0.25, -0.2) is 0 Å². The molecule has 0 unspecified atom stereocenters. The zero-order chi connectivity index (χ0) is 9.19. The maximum absolute atomic E-state index is 11.4. The zero-order valence-electron chi connectivity index (χ0n) is 8.31. The third-order valence-corrected chi connectivity index (χ3v) is 2.26. The van der Waals surface area contributed by atoms with Crippen molar-refractivity contribution >= 4 is 5.78 Å². The molecular formula is C11H18O. The van der Waals surface area contributed by atoms with Gasteiger partial charge in [-0.3, -0.25) is 4.79 Å². The quantitative estimate of drug-likeness (QED) is 0.629. The first kappa shape index (κ1) is 9.50. The predicted octanol–water partition coefficient (Wildman–Crippen LogP) is 3.10. The Morgan fingerprint density at radius 2 is 2.08 bits per heavy atom. The number of rotatable bonds is 3. The molecule has 0 N–H and O–H groups in total. The van der Waals surface area contributed by atoms with Crippen molar-refractivity contribution in [1.29, 1.82) is 0 Å². The van der Waals surface area contributed by atoms with E-state index in [9.17, 15) is 4.79 Å². The highest BCUT2D eigenvalue weighted by Gasteiger charge is 2.17. The minimum Gasteiger partial charge on any atom is -0.295 e. The standard InChI is InChI=1S/C11H18O/c1-11(2,3)8-7-10(12)9-5-4-6-9/h5H,4,6-8H2,1-3H3. The molecule has 0 spiro atoms. The van der Waals surface area contributed by atoms with Crippen LogP contribution in [-0.2, 0) is 4.79 Å². The van der Waals surface area contributed by atoms with Gasteiger partial charge in [-0.2, -0.15) is 0 Å². The van der Waals surface area contributed by atoms with Crippen LogP contribution in [0.2, 0.25) is 0 Å². The van der Waals surface area contributed by atoms with Crippen LogP contribution >= 0.6 is 0 Å². The van der Waals surface area contributed by atoms with Gasteiger partial charge in [0.25, 0.3) is 0 Å². The Kier molecular flexibility index (Phi) is 2.71. The molecule has 12 heavy (non-hydrogen) atoms. The van der Waals surface area contributed by atoms with Crippen molar-refractivity contribution in [3.63, 3.8) is 0 Å². The van der Waals surface area contributed by atoms with Crippen molar-refractivity contribution in [1.82, 2.24) is 0 Å². The molecule has 1 rings (SSSR count). The second-order valence-electron chi connectivity index (χ2n) is 4.75. The van der Waals surface area contributed by atoms with E-state index in [-0.39, 0.29) is 0 Å². The van der Waals surface area contributed by atoms with Crippen LogP contribution in [0.25, 0.3) is 0 Å². The van der Waals surface area contributed by atoms with Crippen molar-refractivity contribution in [3.05, 3.63) is 11.6 Å². The van der Waals surface area contributed by atoms with E-state index in [2.05, 4.69) is 26.8 Å². The maximum atomic E-state index is 11.4. The van der Waals surface area contributed by atoms with E-state index in [0.717, 1.165) is 31.3 Å². The van der Waals surface area contributed by atoms with Crippen LogP contribution in [0.5, 0.6) is 0 Å². The summed E-state index contributed by atoms with van der Waals surface area (Å²) in [6, 6.07) is 0. The molecule has 0 aromatic rings. The minimum atomic E-state index is 0.292. The molecule has 0 aliphatic heterocycles. The Morgan fingerprint density at radius 3 is 2.42 bits per heavy atom. The molecule has 0 atom stereocenters. The first-order chi connectivity index (χ1) is 5.49. The van der Waals surface area contributed by atoms with Crippen LogP contribution in [0.3, 0.4) is 0 Å². The summed E-state index contributed by atoms with van der Waals surface area (Å²) in [5, 5.41) is 0. The third-order valence-electron chi connectivity index (χ3n) is 2.26. The van der Waals surface area contributed by atoms with Crippen LogP contribution in [0, 0.1) is 5.41 Å². The van der Waals surface area contributed by atoms with Gasteiger partial charge in [0, 0.05) is 6.42 Å². The van der Waals surface area contributed by atoms with Gasteiger partial charge < -0.3 is 0 Å². The van der Waals surface area contributed by atoms with Crippen molar-refractivity contribution in [2.75, 3.05) is 0 Å². The highest BCUT2D eigenvalue weighted by Crippen LogP contribution is 2.25. The molecule has 0 fully saturated rings. The van der Waals surface area contributed by atoms with Crippen LogP contribution in [0.1, 0.15) is 46.5 Å². The molecular weight excluding hydrogens is 148 g/mol. The smallest absolute Gasteiger partial charge is 0.158 e. The molecule has 0 heterocycles. The van der Waals surface area contributed by atoms with Gasteiger partial charge in [-0.05, 0) is 30.3 Å². The Labute approximate surface area is 74.9 Å². The van der Waals surface area contributed by atoms with E-state index in [1.807, 2.05) is 0 Å². The first-order valence-electron chi connectivity index (χ1n) is 4.71. The number of carbonyl (C=O) groups is 1. The van der Waals surface area contributed by atoms with Crippen molar-refractivity contribution in [2.45, 2.75) is 46.5 Å². The van der Waals surface area contributed by atoms with Crippen LogP contribution < -0.4 is 0 Å². The fourth-order valence-electron chi connectivity index (χ4n) is 1.19. The van der Waals surface area contributed by atoms with Crippen LogP contribution in [0.15, 0.2) is 11.6 Å². The topological polar surface area (TPSA) is 17.1 Å². The first-order valence-corrected chi connectivity index (χ1v) is 4.71. The number of allylic oxidation sites excluding steroid dienone is 2. The highest BCUT2D eigenvalue weighted by atomic mass is 16.1. The summed E-state index contributed by atoms with van der Waals surface area (Å²) < 4.78 is 0. The van der Waals surface area contributed by atoms with Crippen molar-refractivity contribution < 1.29 is 4.79 Å². The Morgan fingerprint density at radius 1 is 1.50 bits per heavy atom. The summed E-state index contributed by atoms with van der Waals surface area (Å²) >= 11 is 0. The monoisotopic (exact) mass is 166 g/mol. The van der Waals surface area contributed by atoms with Crippen LogP contribution in [0.4, 0.5) is 0 Å². The molecule has 0 bridgehead atoms. The Balaban J connectivity index is 2.28. The van der Waals surface area contributed by atoms with Gasteiger partial charge >= 0.3 is 0 Å². The highest BCUT2D eigenvalue weighted by molar-refractivity contribution is 5.96. The molecule has 0 radical (unpaired) electrons. The summed E-state index contributed by atoms with van der Waals surface area (Å²) in [6.45, 7) is 6.53. The van der Waals surface area contributed by atoms with E-state index in [1.54, 1.807) is 0 Å². The largest absolute Gasteiger partial charge is 0.295 e. The minimum absolute atomic E-state index is 0.292. The normalized spacial score (nSPS) is 16.8. The van der Waals surface area contributed by atoms with E-state index < -0.39 is 0 Å². The Hall–Kier alpha value is -0.590. The molecule has 0 saturated carbocycles. The summed E-state index contributed by atoms with van der Waals surface area (Å²) in [5.41, 5.74) is 1.36. The third kappa shape index (κ3) is 2.80. The van der Waals surface area contributed by atoms with Gasteiger partial charge in [0.1, 0.15) is 0 Å². The molecule has 1 nitrogen and oxygen atoms in total. The fraction of sp³-hybridized carbons (Fsp3) is 0.727. The lowest BCUT2D eigenvalue weighted by Gasteiger charge is -2.19. The molecule has 68 valence electrons. The lowest BCUT2D eigenvalue weighted by Crippen LogP contribution is -2.12. The van der Waals surface area contributed by atoms with E-state index in [0.29, 0.717) is 11.2 Å². The number of ketones is 1. The molecule has 1 aliphatic carbocycles. The summed E-state index contributed by atoms with van der Waals surface area (Å²) in [6.07, 6.45) is 5.92. The molecule has 0 aromatic carbocycles. The summed E-state index contributed by atoms with van der Waals surface area (Å²) in [5.74, 6) is 0.371. The summed E-state index contributed by atoms with van der Waals surface area (Å²) in [7, 11) is 0. The van der Waals surface area contributed by atoms with Crippen molar-refractivity contribution in [3.8, 4) is 0 Å². The average Bonchev–Trinajstić information content (AvgIpc) is 1.78. The van der Waals surface area contributed by atoms with E-state index in [1.165, 1.54) is 0 Å². The lowest BCUT2D eigenvalue weighted by atomic mass is 9.86. The fourth-order valence-corrected chi connectivity index (χ4v) is 1.19. The number of hydrogen-bond donors (Lipinski definition) is 0. The van der Waals surface area contributed by atoms with Gasteiger partial charge in [-0.15, -0.1) is 0 Å². The van der Waals surface area contributed by atoms with Crippen molar-refractivity contribution in [2.24, 2.45) is 5.41 Å². The van der Waals surface area contributed by atoms with Gasteiger partial charge in [0.15, 0.2) is 5.78 Å². The second kappa shape index (κ2) is 3.42. The van der Waals surface area contributed by atoms with Crippen LogP contribution in [-0.4, -0.2) is 5.78 Å². The molecule has 0 aromatic heterocycles. The maximum Gasteiger partial charge on any atom is 0.158 e. The molecule has 1 aliphatic rings. The molecule has 0 saturated heterocycles. The predicted molar refractivity (Wildman–Crippen MR) is 51.0 cm³/mol. The van der Waals surface area contributed by atoms with Gasteiger partial charge in [-0.1, -0.05) is 26.8 Å². The van der Waals surface area contributed by atoms with Gasteiger partial charge in [0.2, 0.25) is 0 Å². The Bertz CT molecular complexity index is 206. The SMILES string of the molecule is CC(C)(C)CCC(=O)C1=CCC1. The number of hydrogen-bond acceptors (Lipinski definition) is 1. The summed E-state index contributed by atoms with van der Waals surface area (Å²) in [4.78, 5) is 11.4. The average molecular weight is 166 g/mol. The van der Waals surface area contributed by atoms with E-state index >= 15 is 0 Å².